The molecule has 2 nitrogen and oxygen atoms in total. The van der Waals surface area contributed by atoms with E-state index in [0.29, 0.717) is 11.8 Å². The number of nitrogens with one attached hydrogen (secondary N) is 1. The standard InChI is InChI=1S/C15H26BrNO/c1-15(8-3-2-4-9-15)14(18)17-11-13-7-5-6-12(13)10-16/h12-13H,2-11H2,1H3,(H,17,18). The van der Waals surface area contributed by atoms with Gasteiger partial charge in [0.25, 0.3) is 0 Å². The van der Waals surface area contributed by atoms with Crippen molar-refractivity contribution in [3.63, 3.8) is 0 Å². The minimum absolute atomic E-state index is 0.0826. The fraction of sp³-hybridized carbons (Fsp3) is 0.933. The van der Waals surface area contributed by atoms with Gasteiger partial charge in [-0.15, -0.1) is 0 Å². The summed E-state index contributed by atoms with van der Waals surface area (Å²) in [6, 6.07) is 0. The molecule has 0 aromatic carbocycles. The summed E-state index contributed by atoms with van der Waals surface area (Å²) in [7, 11) is 0. The monoisotopic (exact) mass is 315 g/mol. The number of rotatable bonds is 4. The van der Waals surface area contributed by atoms with Gasteiger partial charge in [0.1, 0.15) is 0 Å². The van der Waals surface area contributed by atoms with Crippen LogP contribution < -0.4 is 5.32 Å². The number of halogens is 1. The minimum atomic E-state index is -0.0826. The van der Waals surface area contributed by atoms with E-state index >= 15 is 0 Å². The summed E-state index contributed by atoms with van der Waals surface area (Å²) < 4.78 is 0. The molecule has 0 saturated heterocycles. The van der Waals surface area contributed by atoms with E-state index < -0.39 is 0 Å². The quantitative estimate of drug-likeness (QED) is 0.784. The smallest absolute Gasteiger partial charge is 0.225 e. The van der Waals surface area contributed by atoms with E-state index in [4.69, 9.17) is 0 Å². The zero-order chi connectivity index (χ0) is 13.0. The van der Waals surface area contributed by atoms with Crippen LogP contribution in [0.1, 0.15) is 58.3 Å². The van der Waals surface area contributed by atoms with Crippen LogP contribution in [-0.4, -0.2) is 17.8 Å². The third kappa shape index (κ3) is 3.28. The van der Waals surface area contributed by atoms with Crippen molar-refractivity contribution in [3.05, 3.63) is 0 Å². The summed E-state index contributed by atoms with van der Waals surface area (Å²) in [5.41, 5.74) is -0.0826. The molecule has 2 fully saturated rings. The van der Waals surface area contributed by atoms with E-state index in [1.807, 2.05) is 0 Å². The molecule has 0 radical (unpaired) electrons. The Morgan fingerprint density at radius 3 is 2.50 bits per heavy atom. The molecular weight excluding hydrogens is 290 g/mol. The van der Waals surface area contributed by atoms with Gasteiger partial charge >= 0.3 is 0 Å². The second-order valence-electron chi connectivity index (χ2n) is 6.44. The molecule has 1 amide bonds. The molecular formula is C15H26BrNO. The van der Waals surface area contributed by atoms with E-state index in [2.05, 4.69) is 28.2 Å². The zero-order valence-electron chi connectivity index (χ0n) is 11.5. The molecule has 0 aliphatic heterocycles. The molecule has 0 aromatic rings. The summed E-state index contributed by atoms with van der Waals surface area (Å²) in [6.45, 7) is 3.04. The molecule has 2 unspecified atom stereocenters. The molecule has 3 heteroatoms. The van der Waals surface area contributed by atoms with Crippen molar-refractivity contribution in [1.29, 1.82) is 0 Å². The van der Waals surface area contributed by atoms with Gasteiger partial charge in [-0.1, -0.05) is 48.5 Å². The van der Waals surface area contributed by atoms with Crippen LogP contribution in [0.25, 0.3) is 0 Å². The van der Waals surface area contributed by atoms with Crippen molar-refractivity contribution < 1.29 is 4.79 Å². The van der Waals surface area contributed by atoms with Gasteiger partial charge in [0.05, 0.1) is 0 Å². The molecule has 2 aliphatic rings. The maximum absolute atomic E-state index is 12.3. The predicted octanol–water partition coefficient (Wildman–Crippen LogP) is 3.88. The first kappa shape index (κ1) is 14.4. The Bertz CT molecular complexity index is 286. The fourth-order valence-electron chi connectivity index (χ4n) is 3.58. The zero-order valence-corrected chi connectivity index (χ0v) is 13.1. The van der Waals surface area contributed by atoms with Gasteiger partial charge in [-0.2, -0.15) is 0 Å². The molecule has 18 heavy (non-hydrogen) atoms. The van der Waals surface area contributed by atoms with Crippen LogP contribution in [0.3, 0.4) is 0 Å². The predicted molar refractivity (Wildman–Crippen MR) is 78.8 cm³/mol. The summed E-state index contributed by atoms with van der Waals surface area (Å²) in [6.07, 6.45) is 9.83. The van der Waals surface area contributed by atoms with Gasteiger partial charge < -0.3 is 5.32 Å². The summed E-state index contributed by atoms with van der Waals surface area (Å²) in [5.74, 6) is 1.77. The van der Waals surface area contributed by atoms with Crippen molar-refractivity contribution in [2.75, 3.05) is 11.9 Å². The average molecular weight is 316 g/mol. The van der Waals surface area contributed by atoms with E-state index in [1.54, 1.807) is 0 Å². The topological polar surface area (TPSA) is 29.1 Å². The molecule has 0 bridgehead atoms. The summed E-state index contributed by atoms with van der Waals surface area (Å²) in [5, 5.41) is 4.33. The van der Waals surface area contributed by atoms with Crippen molar-refractivity contribution in [2.45, 2.75) is 58.3 Å². The highest BCUT2D eigenvalue weighted by Gasteiger charge is 2.35. The largest absolute Gasteiger partial charge is 0.355 e. The lowest BCUT2D eigenvalue weighted by Crippen LogP contribution is -2.42. The first-order chi connectivity index (χ1) is 8.65. The van der Waals surface area contributed by atoms with Gasteiger partial charge in [-0.25, -0.2) is 0 Å². The number of carbonyl (C=O) groups excluding carboxylic acids is 1. The molecule has 0 heterocycles. The second-order valence-corrected chi connectivity index (χ2v) is 7.08. The third-order valence-electron chi connectivity index (χ3n) is 5.04. The van der Waals surface area contributed by atoms with Crippen molar-refractivity contribution in [3.8, 4) is 0 Å². The van der Waals surface area contributed by atoms with Crippen molar-refractivity contribution in [1.82, 2.24) is 5.32 Å². The van der Waals surface area contributed by atoms with Gasteiger partial charge in [0.15, 0.2) is 0 Å². The number of amides is 1. The molecule has 2 aliphatic carbocycles. The van der Waals surface area contributed by atoms with E-state index in [1.165, 1.54) is 38.5 Å². The molecule has 104 valence electrons. The minimum Gasteiger partial charge on any atom is -0.355 e. The van der Waals surface area contributed by atoms with E-state index in [-0.39, 0.29) is 5.41 Å². The van der Waals surface area contributed by atoms with Crippen LogP contribution in [0.5, 0.6) is 0 Å². The maximum Gasteiger partial charge on any atom is 0.225 e. The Morgan fingerprint density at radius 2 is 1.83 bits per heavy atom. The fourth-order valence-corrected chi connectivity index (χ4v) is 4.43. The lowest BCUT2D eigenvalue weighted by Gasteiger charge is -2.32. The van der Waals surface area contributed by atoms with Gasteiger partial charge in [-0.05, 0) is 37.5 Å². The Hall–Kier alpha value is -0.0500. The summed E-state index contributed by atoms with van der Waals surface area (Å²) in [4.78, 5) is 12.3. The SMILES string of the molecule is CC1(C(=O)NCC2CCCC2CBr)CCCCC1. The van der Waals surface area contributed by atoms with Crippen LogP contribution in [0.15, 0.2) is 0 Å². The highest BCUT2D eigenvalue weighted by Crippen LogP contribution is 2.36. The molecule has 0 aromatic heterocycles. The van der Waals surface area contributed by atoms with Gasteiger partial charge in [0, 0.05) is 17.3 Å². The first-order valence-corrected chi connectivity index (χ1v) is 8.62. The molecule has 1 N–H and O–H groups in total. The van der Waals surface area contributed by atoms with Gasteiger partial charge in [0.2, 0.25) is 5.91 Å². The lowest BCUT2D eigenvalue weighted by atomic mass is 9.75. The Balaban J connectivity index is 1.80. The summed E-state index contributed by atoms with van der Waals surface area (Å²) >= 11 is 3.60. The van der Waals surface area contributed by atoms with Crippen LogP contribution in [0.4, 0.5) is 0 Å². The number of hydrogen-bond donors (Lipinski definition) is 1. The average Bonchev–Trinajstić information content (AvgIpc) is 2.84. The number of alkyl halides is 1. The highest BCUT2D eigenvalue weighted by atomic mass is 79.9. The number of carbonyl (C=O) groups is 1. The Morgan fingerprint density at radius 1 is 1.17 bits per heavy atom. The van der Waals surface area contributed by atoms with E-state index in [9.17, 15) is 4.79 Å². The number of hydrogen-bond acceptors (Lipinski definition) is 1. The molecule has 2 saturated carbocycles. The van der Waals surface area contributed by atoms with Crippen LogP contribution >= 0.6 is 15.9 Å². The van der Waals surface area contributed by atoms with Crippen molar-refractivity contribution in [2.24, 2.45) is 17.3 Å². The second kappa shape index (κ2) is 6.40. The molecule has 2 rings (SSSR count). The normalized spacial score (nSPS) is 31.2. The Labute approximate surface area is 119 Å². The van der Waals surface area contributed by atoms with Crippen LogP contribution in [0, 0.1) is 17.3 Å². The Kier molecular flexibility index (Phi) is 5.11. The lowest BCUT2D eigenvalue weighted by molar-refractivity contribution is -0.132. The van der Waals surface area contributed by atoms with Crippen LogP contribution in [-0.2, 0) is 4.79 Å². The third-order valence-corrected chi connectivity index (χ3v) is 5.88. The van der Waals surface area contributed by atoms with Crippen molar-refractivity contribution >= 4 is 21.8 Å². The molecule has 0 spiro atoms. The van der Waals surface area contributed by atoms with Crippen LogP contribution in [0.2, 0.25) is 0 Å². The van der Waals surface area contributed by atoms with E-state index in [0.717, 1.165) is 30.6 Å². The first-order valence-electron chi connectivity index (χ1n) is 7.50. The highest BCUT2D eigenvalue weighted by molar-refractivity contribution is 9.09. The van der Waals surface area contributed by atoms with Gasteiger partial charge in [-0.3, -0.25) is 4.79 Å². The molecule has 2 atom stereocenters. The maximum atomic E-state index is 12.3.